The summed E-state index contributed by atoms with van der Waals surface area (Å²) >= 11 is 0. The van der Waals surface area contributed by atoms with Gasteiger partial charge in [-0.2, -0.15) is 0 Å². The monoisotopic (exact) mass is 373 g/mol. The van der Waals surface area contributed by atoms with Gasteiger partial charge in [0.2, 0.25) is 0 Å². The summed E-state index contributed by atoms with van der Waals surface area (Å²) in [6.45, 7) is 1.97. The van der Waals surface area contributed by atoms with E-state index in [1.807, 2.05) is 67.6 Å². The van der Waals surface area contributed by atoms with Gasteiger partial charge in [-0.15, -0.1) is 0 Å². The third-order valence-electron chi connectivity index (χ3n) is 4.85. The third kappa shape index (κ3) is 3.35. The van der Waals surface area contributed by atoms with Crippen LogP contribution >= 0.6 is 0 Å². The molecule has 1 unspecified atom stereocenters. The molecule has 1 aromatic heterocycles. The maximum Gasteiger partial charge on any atom is 0.143 e. The Morgan fingerprint density at radius 2 is 1.82 bits per heavy atom. The number of phenols is 1. The standard InChI is InChI=1S/C24H23NO3/c1-15(25)12-20-21-14-22(26)18-8-3-4-9-19(18)24(21)28-23(20)11-10-16-6-5-7-17(13-16)27-2/h3-11,13-15,26H,12,25H2,1-2H3/b11-10+. The highest BCUT2D eigenvalue weighted by Crippen LogP contribution is 2.38. The molecule has 3 aromatic carbocycles. The van der Waals surface area contributed by atoms with Gasteiger partial charge in [0.1, 0.15) is 22.8 Å². The van der Waals surface area contributed by atoms with Gasteiger partial charge in [0.15, 0.2) is 0 Å². The SMILES string of the molecule is COc1cccc(/C=C/c2oc3c(cc(O)c4ccccc43)c2CC(C)N)c1. The number of ether oxygens (including phenoxy) is 1. The molecule has 0 amide bonds. The van der Waals surface area contributed by atoms with Crippen LogP contribution in [0.2, 0.25) is 0 Å². The zero-order chi connectivity index (χ0) is 19.7. The number of furan rings is 1. The van der Waals surface area contributed by atoms with Crippen molar-refractivity contribution < 1.29 is 14.3 Å². The molecule has 142 valence electrons. The average Bonchev–Trinajstić information content (AvgIpc) is 3.04. The Bertz CT molecular complexity index is 1170. The summed E-state index contributed by atoms with van der Waals surface area (Å²) in [5.74, 6) is 1.81. The van der Waals surface area contributed by atoms with Gasteiger partial charge in [-0.3, -0.25) is 0 Å². The number of aromatic hydroxyl groups is 1. The number of phenolic OH excluding ortho intramolecular Hbond substituents is 1. The molecular weight excluding hydrogens is 350 g/mol. The van der Waals surface area contributed by atoms with Crippen LogP contribution in [0, 0.1) is 0 Å². The van der Waals surface area contributed by atoms with Gasteiger partial charge in [0.25, 0.3) is 0 Å². The minimum absolute atomic E-state index is 0.0293. The van der Waals surface area contributed by atoms with Crippen molar-refractivity contribution in [1.29, 1.82) is 0 Å². The van der Waals surface area contributed by atoms with Crippen molar-refractivity contribution in [2.75, 3.05) is 7.11 Å². The molecule has 0 aliphatic rings. The third-order valence-corrected chi connectivity index (χ3v) is 4.85. The lowest BCUT2D eigenvalue weighted by atomic mass is 10.00. The lowest BCUT2D eigenvalue weighted by Crippen LogP contribution is -2.17. The van der Waals surface area contributed by atoms with E-state index in [2.05, 4.69) is 0 Å². The van der Waals surface area contributed by atoms with E-state index >= 15 is 0 Å². The Labute approximate surface area is 163 Å². The van der Waals surface area contributed by atoms with Gasteiger partial charge < -0.3 is 20.0 Å². The number of methoxy groups -OCH3 is 1. The normalized spacial score (nSPS) is 12.8. The van der Waals surface area contributed by atoms with Gasteiger partial charge in [0.05, 0.1) is 7.11 Å². The number of hydrogen-bond acceptors (Lipinski definition) is 4. The van der Waals surface area contributed by atoms with Crippen LogP contribution in [0.15, 0.2) is 59.0 Å². The van der Waals surface area contributed by atoms with E-state index in [4.69, 9.17) is 14.9 Å². The molecule has 0 fully saturated rings. The minimum Gasteiger partial charge on any atom is -0.507 e. The van der Waals surface area contributed by atoms with Crippen LogP contribution < -0.4 is 10.5 Å². The summed E-state index contributed by atoms with van der Waals surface area (Å²) in [5.41, 5.74) is 8.89. The summed E-state index contributed by atoms with van der Waals surface area (Å²) in [6.07, 6.45) is 4.60. The molecule has 28 heavy (non-hydrogen) atoms. The first kappa shape index (κ1) is 18.1. The zero-order valence-corrected chi connectivity index (χ0v) is 16.0. The summed E-state index contributed by atoms with van der Waals surface area (Å²) in [4.78, 5) is 0. The second kappa shape index (κ2) is 7.41. The van der Waals surface area contributed by atoms with Gasteiger partial charge in [-0.05, 0) is 43.2 Å². The van der Waals surface area contributed by atoms with E-state index in [0.717, 1.165) is 44.4 Å². The van der Waals surface area contributed by atoms with E-state index in [9.17, 15) is 5.11 Å². The molecule has 0 spiro atoms. The molecule has 4 aromatic rings. The number of rotatable bonds is 5. The van der Waals surface area contributed by atoms with Crippen LogP contribution in [0.4, 0.5) is 0 Å². The van der Waals surface area contributed by atoms with E-state index in [0.29, 0.717) is 6.42 Å². The van der Waals surface area contributed by atoms with Crippen LogP contribution in [0.25, 0.3) is 33.9 Å². The van der Waals surface area contributed by atoms with E-state index in [-0.39, 0.29) is 11.8 Å². The van der Waals surface area contributed by atoms with Crippen molar-refractivity contribution in [2.24, 2.45) is 5.73 Å². The molecule has 0 radical (unpaired) electrons. The Morgan fingerprint density at radius 1 is 1.04 bits per heavy atom. The summed E-state index contributed by atoms with van der Waals surface area (Å²) in [7, 11) is 1.65. The number of nitrogens with two attached hydrogens (primary N) is 1. The molecule has 4 heteroatoms. The van der Waals surface area contributed by atoms with Crippen molar-refractivity contribution in [1.82, 2.24) is 0 Å². The number of hydrogen-bond donors (Lipinski definition) is 2. The molecule has 0 aliphatic carbocycles. The van der Waals surface area contributed by atoms with Gasteiger partial charge >= 0.3 is 0 Å². The number of benzene rings is 3. The summed E-state index contributed by atoms with van der Waals surface area (Å²) in [5, 5.41) is 13.1. The first-order valence-corrected chi connectivity index (χ1v) is 9.30. The molecule has 1 atom stereocenters. The van der Waals surface area contributed by atoms with E-state index in [1.165, 1.54) is 0 Å². The van der Waals surface area contributed by atoms with Crippen molar-refractivity contribution >= 4 is 33.9 Å². The Hall–Kier alpha value is -3.24. The van der Waals surface area contributed by atoms with Crippen LogP contribution in [0.1, 0.15) is 23.8 Å². The maximum atomic E-state index is 10.5. The van der Waals surface area contributed by atoms with Crippen molar-refractivity contribution in [2.45, 2.75) is 19.4 Å². The zero-order valence-electron chi connectivity index (χ0n) is 16.0. The molecule has 0 aliphatic heterocycles. The smallest absolute Gasteiger partial charge is 0.143 e. The fourth-order valence-corrected chi connectivity index (χ4v) is 3.55. The summed E-state index contributed by atoms with van der Waals surface area (Å²) in [6, 6.07) is 17.3. The first-order valence-electron chi connectivity index (χ1n) is 9.30. The minimum atomic E-state index is -0.0293. The molecule has 0 bridgehead atoms. The lowest BCUT2D eigenvalue weighted by Gasteiger charge is -2.06. The Kier molecular flexibility index (Phi) is 4.80. The summed E-state index contributed by atoms with van der Waals surface area (Å²) < 4.78 is 11.6. The maximum absolute atomic E-state index is 10.5. The van der Waals surface area contributed by atoms with Gasteiger partial charge in [-0.1, -0.05) is 42.5 Å². The second-order valence-corrected chi connectivity index (χ2v) is 7.05. The van der Waals surface area contributed by atoms with Crippen molar-refractivity contribution in [3.8, 4) is 11.5 Å². The predicted molar refractivity (Wildman–Crippen MR) is 115 cm³/mol. The molecule has 4 rings (SSSR count). The molecule has 3 N–H and O–H groups in total. The van der Waals surface area contributed by atoms with Gasteiger partial charge in [-0.25, -0.2) is 0 Å². The highest BCUT2D eigenvalue weighted by Gasteiger charge is 2.18. The van der Waals surface area contributed by atoms with Crippen LogP contribution in [-0.4, -0.2) is 18.3 Å². The van der Waals surface area contributed by atoms with E-state index < -0.39 is 0 Å². The van der Waals surface area contributed by atoms with E-state index in [1.54, 1.807) is 13.2 Å². The quantitative estimate of drug-likeness (QED) is 0.494. The molecule has 4 nitrogen and oxygen atoms in total. The fourth-order valence-electron chi connectivity index (χ4n) is 3.55. The highest BCUT2D eigenvalue weighted by atomic mass is 16.5. The Morgan fingerprint density at radius 3 is 2.57 bits per heavy atom. The van der Waals surface area contributed by atoms with Crippen LogP contribution in [0.3, 0.4) is 0 Å². The highest BCUT2D eigenvalue weighted by molar-refractivity contribution is 6.09. The predicted octanol–water partition coefficient (Wildman–Crippen LogP) is 5.36. The first-order chi connectivity index (χ1) is 13.6. The largest absolute Gasteiger partial charge is 0.507 e. The molecule has 0 saturated heterocycles. The van der Waals surface area contributed by atoms with Crippen molar-refractivity contribution in [3.63, 3.8) is 0 Å². The van der Waals surface area contributed by atoms with Crippen LogP contribution in [-0.2, 0) is 6.42 Å². The lowest BCUT2D eigenvalue weighted by molar-refractivity contribution is 0.414. The fraction of sp³-hybridized carbons (Fsp3) is 0.167. The topological polar surface area (TPSA) is 68.6 Å². The molecular formula is C24H23NO3. The van der Waals surface area contributed by atoms with Crippen LogP contribution in [0.5, 0.6) is 11.5 Å². The van der Waals surface area contributed by atoms with Gasteiger partial charge in [0, 0.05) is 27.8 Å². The second-order valence-electron chi connectivity index (χ2n) is 7.05. The molecule has 0 saturated carbocycles. The Balaban J connectivity index is 1.89. The molecule has 1 heterocycles. The average molecular weight is 373 g/mol. The number of fused-ring (bicyclic) bond motifs is 3. The van der Waals surface area contributed by atoms with Crippen molar-refractivity contribution in [3.05, 3.63) is 71.5 Å².